The Hall–Kier alpha value is -1.82. The fourth-order valence-electron chi connectivity index (χ4n) is 1.44. The van der Waals surface area contributed by atoms with Crippen molar-refractivity contribution >= 4 is 11.6 Å². The van der Waals surface area contributed by atoms with E-state index >= 15 is 0 Å². The van der Waals surface area contributed by atoms with Crippen molar-refractivity contribution in [1.29, 1.82) is 5.26 Å². The lowest BCUT2D eigenvalue weighted by atomic mass is 10.1. The summed E-state index contributed by atoms with van der Waals surface area (Å²) in [6.07, 6.45) is 1.86. The van der Waals surface area contributed by atoms with Gasteiger partial charge in [0.2, 0.25) is 5.91 Å². The number of rotatable bonds is 5. The minimum Gasteiger partial charge on any atom is -0.326 e. The van der Waals surface area contributed by atoms with Crippen LogP contribution in [-0.4, -0.2) is 5.91 Å². The van der Waals surface area contributed by atoms with Crippen molar-refractivity contribution in [1.82, 2.24) is 0 Å². The van der Waals surface area contributed by atoms with Gasteiger partial charge in [0, 0.05) is 12.1 Å². The molecule has 0 aliphatic heterocycles. The Bertz CT molecular complexity index is 401. The maximum Gasteiger partial charge on any atom is 0.224 e. The van der Waals surface area contributed by atoms with Gasteiger partial charge in [0.1, 0.15) is 0 Å². The molecule has 0 saturated heterocycles. The van der Waals surface area contributed by atoms with Crippen molar-refractivity contribution in [2.24, 2.45) is 5.92 Å². The van der Waals surface area contributed by atoms with Crippen LogP contribution in [0.15, 0.2) is 24.3 Å². The molecule has 1 rings (SSSR count). The fourth-order valence-corrected chi connectivity index (χ4v) is 1.44. The number of nitrogens with zero attached hydrogens (tertiary/aromatic N) is 1. The third kappa shape index (κ3) is 5.17. The molecule has 1 aromatic carbocycles. The summed E-state index contributed by atoms with van der Waals surface area (Å²) in [7, 11) is 0. The molecule has 1 N–H and O–H groups in total. The molecule has 1 amide bonds. The number of amides is 1. The quantitative estimate of drug-likeness (QED) is 0.844. The molecule has 0 aliphatic rings. The van der Waals surface area contributed by atoms with Crippen molar-refractivity contribution in [3.63, 3.8) is 0 Å². The molecule has 0 heterocycles. The highest BCUT2D eigenvalue weighted by Crippen LogP contribution is 2.11. The third-order valence-electron chi connectivity index (χ3n) is 2.47. The van der Waals surface area contributed by atoms with Crippen molar-refractivity contribution < 1.29 is 4.79 Å². The summed E-state index contributed by atoms with van der Waals surface area (Å²) in [5.41, 5.74) is 1.76. The highest BCUT2D eigenvalue weighted by molar-refractivity contribution is 5.90. The van der Waals surface area contributed by atoms with Crippen LogP contribution < -0.4 is 5.32 Å². The van der Waals surface area contributed by atoms with E-state index in [1.807, 2.05) is 24.3 Å². The molecule has 0 bridgehead atoms. The minimum atomic E-state index is 0.0479. The molecule has 0 radical (unpaired) electrons. The Morgan fingerprint density at radius 3 is 2.53 bits per heavy atom. The second-order valence-corrected chi connectivity index (χ2v) is 4.51. The first-order valence-electron chi connectivity index (χ1n) is 5.87. The minimum absolute atomic E-state index is 0.0479. The molecule has 3 nitrogen and oxygen atoms in total. The highest BCUT2D eigenvalue weighted by atomic mass is 16.1. The molecule has 0 unspecified atom stereocenters. The number of benzene rings is 1. The van der Waals surface area contributed by atoms with Crippen LogP contribution in [0, 0.1) is 17.2 Å². The predicted octanol–water partition coefficient (Wildman–Crippen LogP) is 3.13. The van der Waals surface area contributed by atoms with Crippen molar-refractivity contribution in [3.05, 3.63) is 29.8 Å². The highest BCUT2D eigenvalue weighted by Gasteiger charge is 2.03. The van der Waals surface area contributed by atoms with E-state index in [9.17, 15) is 4.79 Å². The lowest BCUT2D eigenvalue weighted by molar-refractivity contribution is -0.116. The van der Waals surface area contributed by atoms with Crippen LogP contribution in [0.2, 0.25) is 0 Å². The van der Waals surface area contributed by atoms with Crippen LogP contribution in [0.4, 0.5) is 5.69 Å². The Morgan fingerprint density at radius 1 is 1.35 bits per heavy atom. The van der Waals surface area contributed by atoms with Gasteiger partial charge in [-0.2, -0.15) is 5.26 Å². The number of hydrogen-bond acceptors (Lipinski definition) is 2. The van der Waals surface area contributed by atoms with Crippen LogP contribution in [0.3, 0.4) is 0 Å². The summed E-state index contributed by atoms with van der Waals surface area (Å²) in [4.78, 5) is 11.6. The zero-order valence-corrected chi connectivity index (χ0v) is 10.4. The third-order valence-corrected chi connectivity index (χ3v) is 2.47. The van der Waals surface area contributed by atoms with Gasteiger partial charge in [0.25, 0.3) is 0 Å². The number of carbonyl (C=O) groups excluding carboxylic acids is 1. The smallest absolute Gasteiger partial charge is 0.224 e. The number of anilines is 1. The molecule has 0 fully saturated rings. The molecule has 1 aromatic rings. The van der Waals surface area contributed by atoms with E-state index in [1.54, 1.807) is 0 Å². The average Bonchev–Trinajstić information content (AvgIpc) is 2.29. The lowest BCUT2D eigenvalue weighted by Crippen LogP contribution is -2.12. The number of carbonyl (C=O) groups is 1. The molecule has 0 atom stereocenters. The predicted molar refractivity (Wildman–Crippen MR) is 68.5 cm³/mol. The molecule has 3 heteroatoms. The van der Waals surface area contributed by atoms with Crippen molar-refractivity contribution in [2.75, 3.05) is 5.32 Å². The number of nitriles is 1. The maximum absolute atomic E-state index is 11.6. The van der Waals surface area contributed by atoms with E-state index in [1.165, 1.54) is 0 Å². The first-order valence-corrected chi connectivity index (χ1v) is 5.87. The summed E-state index contributed by atoms with van der Waals surface area (Å²) < 4.78 is 0. The first-order chi connectivity index (χ1) is 8.11. The van der Waals surface area contributed by atoms with Gasteiger partial charge in [-0.15, -0.1) is 0 Å². The number of nitrogens with one attached hydrogen (secondary N) is 1. The Labute approximate surface area is 102 Å². The van der Waals surface area contributed by atoms with E-state index in [-0.39, 0.29) is 5.91 Å². The summed E-state index contributed by atoms with van der Waals surface area (Å²) in [6.45, 7) is 4.20. The normalized spacial score (nSPS) is 10.0. The number of hydrogen-bond donors (Lipinski definition) is 1. The van der Waals surface area contributed by atoms with Gasteiger partial charge >= 0.3 is 0 Å². The molecule has 0 aromatic heterocycles. The lowest BCUT2D eigenvalue weighted by Gasteiger charge is -2.07. The van der Waals surface area contributed by atoms with Gasteiger partial charge in [0.05, 0.1) is 12.5 Å². The van der Waals surface area contributed by atoms with Crippen LogP contribution in [0.25, 0.3) is 0 Å². The van der Waals surface area contributed by atoms with Gasteiger partial charge < -0.3 is 5.32 Å². The first kappa shape index (κ1) is 13.2. The Kier molecular flexibility index (Phi) is 5.22. The molecular weight excluding hydrogens is 212 g/mol. The second-order valence-electron chi connectivity index (χ2n) is 4.51. The topological polar surface area (TPSA) is 52.9 Å². The summed E-state index contributed by atoms with van der Waals surface area (Å²) in [6, 6.07) is 9.48. The summed E-state index contributed by atoms with van der Waals surface area (Å²) in [5.74, 6) is 0.588. The van der Waals surface area contributed by atoms with Crippen molar-refractivity contribution in [2.45, 2.75) is 33.1 Å². The van der Waals surface area contributed by atoms with E-state index < -0.39 is 0 Å². The Balaban J connectivity index is 2.46. The van der Waals surface area contributed by atoms with E-state index in [2.05, 4.69) is 25.2 Å². The SMILES string of the molecule is CC(C)CCC(=O)Nc1ccc(CC#N)cc1. The molecule has 0 spiro atoms. The average molecular weight is 230 g/mol. The molecule has 17 heavy (non-hydrogen) atoms. The summed E-state index contributed by atoms with van der Waals surface area (Å²) in [5, 5.41) is 11.4. The monoisotopic (exact) mass is 230 g/mol. The molecule has 0 saturated carbocycles. The van der Waals surface area contributed by atoms with Crippen LogP contribution in [0.1, 0.15) is 32.3 Å². The zero-order valence-electron chi connectivity index (χ0n) is 10.4. The molecule has 0 aliphatic carbocycles. The van der Waals surface area contributed by atoms with Gasteiger partial charge in [-0.1, -0.05) is 26.0 Å². The van der Waals surface area contributed by atoms with Crippen LogP contribution in [-0.2, 0) is 11.2 Å². The van der Waals surface area contributed by atoms with E-state index in [0.717, 1.165) is 17.7 Å². The largest absolute Gasteiger partial charge is 0.326 e. The maximum atomic E-state index is 11.6. The Morgan fingerprint density at radius 2 is 2.00 bits per heavy atom. The van der Waals surface area contributed by atoms with E-state index in [4.69, 9.17) is 5.26 Å². The van der Waals surface area contributed by atoms with Gasteiger partial charge in [-0.05, 0) is 30.0 Å². The summed E-state index contributed by atoms with van der Waals surface area (Å²) >= 11 is 0. The molecular formula is C14H18N2O. The zero-order chi connectivity index (χ0) is 12.7. The van der Waals surface area contributed by atoms with Gasteiger partial charge in [-0.25, -0.2) is 0 Å². The second kappa shape index (κ2) is 6.70. The van der Waals surface area contributed by atoms with Gasteiger partial charge in [-0.3, -0.25) is 4.79 Å². The van der Waals surface area contributed by atoms with Gasteiger partial charge in [0.15, 0.2) is 0 Å². The van der Waals surface area contributed by atoms with E-state index in [0.29, 0.717) is 18.8 Å². The van der Waals surface area contributed by atoms with Crippen LogP contribution >= 0.6 is 0 Å². The molecule has 90 valence electrons. The fraction of sp³-hybridized carbons (Fsp3) is 0.429. The van der Waals surface area contributed by atoms with Crippen molar-refractivity contribution in [3.8, 4) is 6.07 Å². The van der Waals surface area contributed by atoms with Crippen LogP contribution in [0.5, 0.6) is 0 Å². The standard InChI is InChI=1S/C14H18N2O/c1-11(2)3-8-14(17)16-13-6-4-12(5-7-13)9-10-15/h4-7,11H,3,8-9H2,1-2H3,(H,16,17).